The highest BCUT2D eigenvalue weighted by molar-refractivity contribution is 9.10. The Labute approximate surface area is 125 Å². The van der Waals surface area contributed by atoms with Gasteiger partial charge in [-0.15, -0.1) is 0 Å². The topological polar surface area (TPSA) is 21.3 Å². The van der Waals surface area contributed by atoms with Crippen LogP contribution in [0.1, 0.15) is 44.6 Å². The van der Waals surface area contributed by atoms with Gasteiger partial charge < -0.3 is 10.1 Å². The maximum atomic E-state index is 6.14. The summed E-state index contributed by atoms with van der Waals surface area (Å²) in [6.45, 7) is 5.38. The van der Waals surface area contributed by atoms with Crippen molar-refractivity contribution in [3.05, 3.63) is 34.3 Å². The van der Waals surface area contributed by atoms with Crippen LogP contribution in [0.5, 0.6) is 0 Å². The molecule has 1 aliphatic rings. The second-order valence-corrected chi connectivity index (χ2v) is 7.00. The zero-order valence-electron chi connectivity index (χ0n) is 12.1. The summed E-state index contributed by atoms with van der Waals surface area (Å²) in [5.41, 5.74) is 1.45. The van der Waals surface area contributed by atoms with Crippen molar-refractivity contribution in [1.29, 1.82) is 0 Å². The first-order valence-corrected chi connectivity index (χ1v) is 7.87. The van der Waals surface area contributed by atoms with Crippen LogP contribution in [0, 0.1) is 0 Å². The fourth-order valence-corrected chi connectivity index (χ4v) is 3.32. The Kier molecular flexibility index (Phi) is 5.04. The Morgan fingerprint density at radius 1 is 1.47 bits per heavy atom. The standard InChI is InChI=1S/C16H24BrNO/c1-16(2)8-7-15(19-16)10-13(11-18-3)12-5-4-6-14(17)9-12/h4-6,9,13,15,18H,7-8,10-11H2,1-3H3. The molecule has 2 nitrogen and oxygen atoms in total. The van der Waals surface area contributed by atoms with Crippen LogP contribution in [0.25, 0.3) is 0 Å². The van der Waals surface area contributed by atoms with Crippen LogP contribution in [0.3, 0.4) is 0 Å². The number of hydrogen-bond donors (Lipinski definition) is 1. The third-order valence-corrected chi connectivity index (χ3v) is 4.37. The molecule has 0 radical (unpaired) electrons. The van der Waals surface area contributed by atoms with Gasteiger partial charge in [-0.25, -0.2) is 0 Å². The average Bonchev–Trinajstić information content (AvgIpc) is 2.68. The fourth-order valence-electron chi connectivity index (χ4n) is 2.91. The van der Waals surface area contributed by atoms with Gasteiger partial charge in [-0.05, 0) is 63.8 Å². The molecule has 0 spiro atoms. The minimum absolute atomic E-state index is 0.0616. The van der Waals surface area contributed by atoms with Crippen molar-refractivity contribution in [1.82, 2.24) is 5.32 Å². The monoisotopic (exact) mass is 325 g/mol. The van der Waals surface area contributed by atoms with E-state index in [1.807, 2.05) is 7.05 Å². The van der Waals surface area contributed by atoms with Crippen molar-refractivity contribution < 1.29 is 4.74 Å². The molecule has 0 bridgehead atoms. The van der Waals surface area contributed by atoms with Gasteiger partial charge in [0.05, 0.1) is 11.7 Å². The Morgan fingerprint density at radius 2 is 2.26 bits per heavy atom. The van der Waals surface area contributed by atoms with E-state index in [1.165, 1.54) is 18.4 Å². The van der Waals surface area contributed by atoms with Crippen molar-refractivity contribution in [2.24, 2.45) is 0 Å². The SMILES string of the molecule is CNCC(CC1CCC(C)(C)O1)c1cccc(Br)c1. The number of halogens is 1. The van der Waals surface area contributed by atoms with Gasteiger partial charge in [0.1, 0.15) is 0 Å². The fraction of sp³-hybridized carbons (Fsp3) is 0.625. The molecule has 1 N–H and O–H groups in total. The molecule has 106 valence electrons. The minimum atomic E-state index is 0.0616. The molecule has 2 atom stereocenters. The molecule has 0 saturated carbocycles. The number of ether oxygens (including phenoxy) is 1. The number of likely N-dealkylation sites (N-methyl/N-ethyl adjacent to an activating group) is 1. The summed E-state index contributed by atoms with van der Waals surface area (Å²) in [6.07, 6.45) is 3.84. The van der Waals surface area contributed by atoms with Crippen LogP contribution in [-0.2, 0) is 4.74 Å². The van der Waals surface area contributed by atoms with E-state index in [2.05, 4.69) is 59.4 Å². The molecule has 19 heavy (non-hydrogen) atoms. The Morgan fingerprint density at radius 3 is 2.84 bits per heavy atom. The number of benzene rings is 1. The van der Waals surface area contributed by atoms with Crippen LogP contribution >= 0.6 is 15.9 Å². The molecule has 0 amide bonds. The third-order valence-electron chi connectivity index (χ3n) is 3.87. The van der Waals surface area contributed by atoms with Gasteiger partial charge in [-0.1, -0.05) is 28.1 Å². The molecule has 2 unspecified atom stereocenters. The zero-order chi connectivity index (χ0) is 13.9. The first kappa shape index (κ1) is 15.0. The lowest BCUT2D eigenvalue weighted by atomic mass is 9.92. The third kappa shape index (κ3) is 4.30. The van der Waals surface area contributed by atoms with Crippen molar-refractivity contribution >= 4 is 15.9 Å². The van der Waals surface area contributed by atoms with E-state index in [-0.39, 0.29) is 5.60 Å². The van der Waals surface area contributed by atoms with Gasteiger partial charge in [0, 0.05) is 11.0 Å². The van der Waals surface area contributed by atoms with Crippen LogP contribution < -0.4 is 5.32 Å². The predicted octanol–water partition coefficient (Wildman–Crippen LogP) is 4.10. The second-order valence-electron chi connectivity index (χ2n) is 6.08. The van der Waals surface area contributed by atoms with Gasteiger partial charge in [-0.3, -0.25) is 0 Å². The molecule has 1 aromatic rings. The second kappa shape index (κ2) is 6.38. The number of nitrogens with one attached hydrogen (secondary N) is 1. The van der Waals surface area contributed by atoms with E-state index in [1.54, 1.807) is 0 Å². The van der Waals surface area contributed by atoms with E-state index in [0.717, 1.165) is 17.4 Å². The highest BCUT2D eigenvalue weighted by atomic mass is 79.9. The maximum absolute atomic E-state index is 6.14. The largest absolute Gasteiger partial charge is 0.372 e. The van der Waals surface area contributed by atoms with E-state index in [4.69, 9.17) is 4.74 Å². The van der Waals surface area contributed by atoms with Gasteiger partial charge in [-0.2, -0.15) is 0 Å². The molecular formula is C16H24BrNO. The molecule has 1 saturated heterocycles. The van der Waals surface area contributed by atoms with Crippen LogP contribution in [0.2, 0.25) is 0 Å². The summed E-state index contributed by atoms with van der Waals surface area (Å²) in [5, 5.41) is 3.31. The Bertz CT molecular complexity index is 419. The van der Waals surface area contributed by atoms with Crippen molar-refractivity contribution in [2.45, 2.75) is 50.7 Å². The van der Waals surface area contributed by atoms with Crippen LogP contribution in [0.4, 0.5) is 0 Å². The van der Waals surface area contributed by atoms with E-state index in [9.17, 15) is 0 Å². The van der Waals surface area contributed by atoms with Gasteiger partial charge in [0.25, 0.3) is 0 Å². The number of rotatable bonds is 5. The molecule has 3 heteroatoms. The molecule has 1 heterocycles. The van der Waals surface area contributed by atoms with E-state index in [0.29, 0.717) is 12.0 Å². The van der Waals surface area contributed by atoms with Crippen molar-refractivity contribution in [3.8, 4) is 0 Å². The molecule has 1 aliphatic heterocycles. The Hall–Kier alpha value is -0.380. The van der Waals surface area contributed by atoms with Crippen molar-refractivity contribution in [3.63, 3.8) is 0 Å². The highest BCUT2D eigenvalue weighted by Crippen LogP contribution is 2.35. The van der Waals surface area contributed by atoms with E-state index < -0.39 is 0 Å². The van der Waals surface area contributed by atoms with Gasteiger partial charge in [0.2, 0.25) is 0 Å². The lowest BCUT2D eigenvalue weighted by Crippen LogP contribution is -2.24. The smallest absolute Gasteiger partial charge is 0.0631 e. The molecule has 1 aromatic carbocycles. The summed E-state index contributed by atoms with van der Waals surface area (Å²) in [4.78, 5) is 0. The van der Waals surface area contributed by atoms with Crippen LogP contribution in [-0.4, -0.2) is 25.3 Å². The quantitative estimate of drug-likeness (QED) is 0.880. The number of hydrogen-bond acceptors (Lipinski definition) is 2. The summed E-state index contributed by atoms with van der Waals surface area (Å²) in [7, 11) is 2.02. The lowest BCUT2D eigenvalue weighted by molar-refractivity contribution is -0.0208. The molecule has 1 fully saturated rings. The van der Waals surface area contributed by atoms with Gasteiger partial charge >= 0.3 is 0 Å². The molecule has 2 rings (SSSR count). The van der Waals surface area contributed by atoms with Crippen LogP contribution in [0.15, 0.2) is 28.7 Å². The first-order valence-electron chi connectivity index (χ1n) is 7.08. The predicted molar refractivity (Wildman–Crippen MR) is 83.6 cm³/mol. The summed E-state index contributed by atoms with van der Waals surface area (Å²) in [6, 6.07) is 8.63. The Balaban J connectivity index is 2.04. The molecular weight excluding hydrogens is 302 g/mol. The first-order chi connectivity index (χ1) is 9.00. The summed E-state index contributed by atoms with van der Waals surface area (Å²) < 4.78 is 7.29. The summed E-state index contributed by atoms with van der Waals surface area (Å²) in [5.74, 6) is 0.515. The van der Waals surface area contributed by atoms with Gasteiger partial charge in [0.15, 0.2) is 0 Å². The van der Waals surface area contributed by atoms with E-state index >= 15 is 0 Å². The molecule has 0 aromatic heterocycles. The summed E-state index contributed by atoms with van der Waals surface area (Å²) >= 11 is 3.56. The lowest BCUT2D eigenvalue weighted by Gasteiger charge is -2.24. The normalized spacial score (nSPS) is 23.5. The maximum Gasteiger partial charge on any atom is 0.0631 e. The average molecular weight is 326 g/mol. The molecule has 0 aliphatic carbocycles. The van der Waals surface area contributed by atoms with Crippen molar-refractivity contribution in [2.75, 3.05) is 13.6 Å². The zero-order valence-corrected chi connectivity index (χ0v) is 13.7. The minimum Gasteiger partial charge on any atom is -0.372 e. The highest BCUT2D eigenvalue weighted by Gasteiger charge is 2.33.